The average molecular weight is 475 g/mol. The molecule has 3 aromatic carbocycles. The van der Waals surface area contributed by atoms with Crippen LogP contribution in [0.15, 0.2) is 83.8 Å². The fourth-order valence-corrected chi connectivity index (χ4v) is 4.69. The van der Waals surface area contributed by atoms with E-state index >= 15 is 0 Å². The highest BCUT2D eigenvalue weighted by atomic mass is 35.5. The number of benzene rings is 3. The predicted molar refractivity (Wildman–Crippen MR) is 128 cm³/mol. The van der Waals surface area contributed by atoms with E-state index in [1.54, 1.807) is 11.8 Å². The van der Waals surface area contributed by atoms with Gasteiger partial charge in [0.25, 0.3) is 0 Å². The molecule has 0 saturated heterocycles. The summed E-state index contributed by atoms with van der Waals surface area (Å²) >= 11 is 7.52. The molecule has 0 aliphatic rings. The SMILES string of the molecule is CS(=O)(=O)N(CC(=O)Nc1ccccc1SCc1ccc(Cl)cc1)Cc1ccccc1. The normalized spacial score (nSPS) is 11.5. The third kappa shape index (κ3) is 7.40. The van der Waals surface area contributed by atoms with Gasteiger partial charge in [-0.3, -0.25) is 4.79 Å². The maximum absolute atomic E-state index is 12.7. The average Bonchev–Trinajstić information content (AvgIpc) is 2.74. The van der Waals surface area contributed by atoms with Gasteiger partial charge in [0.2, 0.25) is 15.9 Å². The van der Waals surface area contributed by atoms with Gasteiger partial charge in [0.15, 0.2) is 0 Å². The van der Waals surface area contributed by atoms with Crippen LogP contribution >= 0.6 is 23.4 Å². The summed E-state index contributed by atoms with van der Waals surface area (Å²) in [6.07, 6.45) is 1.11. The number of sulfonamides is 1. The lowest BCUT2D eigenvalue weighted by Crippen LogP contribution is -2.36. The first-order valence-corrected chi connectivity index (χ1v) is 12.8. The third-order valence-electron chi connectivity index (χ3n) is 4.46. The van der Waals surface area contributed by atoms with E-state index < -0.39 is 10.0 Å². The van der Waals surface area contributed by atoms with Crippen molar-refractivity contribution in [3.8, 4) is 0 Å². The molecule has 0 unspecified atom stereocenters. The van der Waals surface area contributed by atoms with Crippen LogP contribution in [0, 0.1) is 0 Å². The molecule has 162 valence electrons. The van der Waals surface area contributed by atoms with Crippen molar-refractivity contribution in [1.82, 2.24) is 4.31 Å². The van der Waals surface area contributed by atoms with Gasteiger partial charge in [-0.1, -0.05) is 66.2 Å². The predicted octanol–water partition coefficient (Wildman–Crippen LogP) is 5.03. The Hall–Kier alpha value is -2.32. The van der Waals surface area contributed by atoms with Gasteiger partial charge in [-0.25, -0.2) is 8.42 Å². The van der Waals surface area contributed by atoms with Gasteiger partial charge in [0.05, 0.1) is 18.5 Å². The van der Waals surface area contributed by atoms with Crippen molar-refractivity contribution in [1.29, 1.82) is 0 Å². The first-order chi connectivity index (χ1) is 14.8. The van der Waals surface area contributed by atoms with Gasteiger partial charge in [0.1, 0.15) is 0 Å². The molecule has 0 saturated carbocycles. The number of halogens is 1. The second kappa shape index (κ2) is 10.8. The van der Waals surface area contributed by atoms with Crippen LogP contribution < -0.4 is 5.32 Å². The summed E-state index contributed by atoms with van der Waals surface area (Å²) in [5.41, 5.74) is 2.58. The van der Waals surface area contributed by atoms with Gasteiger partial charge in [-0.15, -0.1) is 11.8 Å². The topological polar surface area (TPSA) is 66.5 Å². The van der Waals surface area contributed by atoms with Crippen LogP contribution in [0.1, 0.15) is 11.1 Å². The van der Waals surface area contributed by atoms with Crippen molar-refractivity contribution in [2.45, 2.75) is 17.2 Å². The highest BCUT2D eigenvalue weighted by molar-refractivity contribution is 7.98. The lowest BCUT2D eigenvalue weighted by atomic mass is 10.2. The number of nitrogens with zero attached hydrogens (tertiary/aromatic N) is 1. The summed E-state index contributed by atoms with van der Waals surface area (Å²) in [4.78, 5) is 13.6. The number of rotatable bonds is 9. The Morgan fingerprint density at radius 3 is 2.26 bits per heavy atom. The minimum Gasteiger partial charge on any atom is -0.324 e. The molecule has 3 aromatic rings. The van der Waals surface area contributed by atoms with Crippen molar-refractivity contribution < 1.29 is 13.2 Å². The Kier molecular flexibility index (Phi) is 8.15. The Morgan fingerprint density at radius 1 is 0.935 bits per heavy atom. The molecule has 0 spiro atoms. The van der Waals surface area contributed by atoms with E-state index in [1.807, 2.05) is 78.9 Å². The Morgan fingerprint density at radius 2 is 1.58 bits per heavy atom. The Balaban J connectivity index is 1.66. The van der Waals surface area contributed by atoms with Crippen LogP contribution in [0.2, 0.25) is 5.02 Å². The standard InChI is InChI=1S/C23H23ClN2O3S2/c1-31(28,29)26(15-18-7-3-2-4-8-18)16-23(27)25-21-9-5-6-10-22(21)30-17-19-11-13-20(24)14-12-19/h2-14H,15-17H2,1H3,(H,25,27). The lowest BCUT2D eigenvalue weighted by Gasteiger charge is -2.20. The summed E-state index contributed by atoms with van der Waals surface area (Å²) in [5, 5.41) is 3.54. The highest BCUT2D eigenvalue weighted by Gasteiger charge is 2.21. The molecule has 0 heterocycles. The maximum Gasteiger partial charge on any atom is 0.239 e. The summed E-state index contributed by atoms with van der Waals surface area (Å²) < 4.78 is 25.6. The largest absolute Gasteiger partial charge is 0.324 e. The molecule has 1 amide bonds. The van der Waals surface area contributed by atoms with Crippen LogP contribution in [-0.4, -0.2) is 31.4 Å². The van der Waals surface area contributed by atoms with Gasteiger partial charge in [-0.05, 0) is 35.4 Å². The van der Waals surface area contributed by atoms with E-state index in [-0.39, 0.29) is 19.0 Å². The van der Waals surface area contributed by atoms with E-state index in [2.05, 4.69) is 5.32 Å². The molecule has 0 radical (unpaired) electrons. The van der Waals surface area contributed by atoms with E-state index in [1.165, 1.54) is 4.31 Å². The number of para-hydroxylation sites is 1. The van der Waals surface area contributed by atoms with Crippen LogP contribution in [-0.2, 0) is 27.1 Å². The second-order valence-corrected chi connectivity index (χ2v) is 10.4. The lowest BCUT2D eigenvalue weighted by molar-refractivity contribution is -0.116. The fourth-order valence-electron chi connectivity index (χ4n) is 2.86. The summed E-state index contributed by atoms with van der Waals surface area (Å²) in [5.74, 6) is 0.328. The molecule has 3 rings (SSSR count). The first-order valence-electron chi connectivity index (χ1n) is 9.56. The number of carbonyl (C=O) groups is 1. The molecular formula is C23H23ClN2O3S2. The van der Waals surface area contributed by atoms with Crippen LogP contribution in [0.4, 0.5) is 5.69 Å². The number of carbonyl (C=O) groups excluding carboxylic acids is 1. The van der Waals surface area contributed by atoms with Gasteiger partial charge in [-0.2, -0.15) is 4.31 Å². The zero-order valence-electron chi connectivity index (χ0n) is 17.0. The van der Waals surface area contributed by atoms with Crippen molar-refractivity contribution in [2.75, 3.05) is 18.1 Å². The van der Waals surface area contributed by atoms with Crippen molar-refractivity contribution in [3.05, 3.63) is 95.0 Å². The summed E-state index contributed by atoms with van der Waals surface area (Å²) in [6.45, 7) is -0.121. The second-order valence-electron chi connectivity index (χ2n) is 6.98. The highest BCUT2D eigenvalue weighted by Crippen LogP contribution is 2.30. The minimum atomic E-state index is -3.55. The Labute approximate surface area is 192 Å². The number of hydrogen-bond acceptors (Lipinski definition) is 4. The molecule has 0 fully saturated rings. The zero-order valence-corrected chi connectivity index (χ0v) is 19.4. The van der Waals surface area contributed by atoms with E-state index in [9.17, 15) is 13.2 Å². The molecule has 0 aliphatic heterocycles. The molecular weight excluding hydrogens is 452 g/mol. The van der Waals surface area contributed by atoms with Gasteiger partial charge in [0, 0.05) is 22.2 Å². The van der Waals surface area contributed by atoms with E-state index in [4.69, 9.17) is 11.6 Å². The molecule has 0 atom stereocenters. The summed E-state index contributed by atoms with van der Waals surface area (Å²) in [6, 6.07) is 24.3. The number of nitrogens with one attached hydrogen (secondary N) is 1. The van der Waals surface area contributed by atoms with Crippen LogP contribution in [0.25, 0.3) is 0 Å². The van der Waals surface area contributed by atoms with Crippen LogP contribution in [0.5, 0.6) is 0 Å². The number of amides is 1. The Bertz CT molecular complexity index is 1120. The van der Waals surface area contributed by atoms with E-state index in [0.717, 1.165) is 22.3 Å². The molecule has 31 heavy (non-hydrogen) atoms. The number of thioether (sulfide) groups is 1. The molecule has 0 aliphatic carbocycles. The summed E-state index contributed by atoms with van der Waals surface area (Å²) in [7, 11) is -3.55. The molecule has 8 heteroatoms. The number of hydrogen-bond donors (Lipinski definition) is 1. The quantitative estimate of drug-likeness (QED) is 0.441. The molecule has 0 bridgehead atoms. The number of anilines is 1. The molecule has 0 aromatic heterocycles. The van der Waals surface area contributed by atoms with Crippen LogP contribution in [0.3, 0.4) is 0 Å². The molecule has 1 N–H and O–H groups in total. The maximum atomic E-state index is 12.7. The van der Waals surface area contributed by atoms with Crippen molar-refractivity contribution >= 4 is 45.0 Å². The minimum absolute atomic E-state index is 0.139. The molecule has 5 nitrogen and oxygen atoms in total. The first kappa shape index (κ1) is 23.3. The monoisotopic (exact) mass is 474 g/mol. The van der Waals surface area contributed by atoms with Crippen molar-refractivity contribution in [2.24, 2.45) is 0 Å². The smallest absolute Gasteiger partial charge is 0.239 e. The van der Waals surface area contributed by atoms with Gasteiger partial charge < -0.3 is 5.32 Å². The van der Waals surface area contributed by atoms with E-state index in [0.29, 0.717) is 16.5 Å². The third-order valence-corrected chi connectivity index (χ3v) is 7.05. The zero-order chi connectivity index (χ0) is 22.3. The van der Waals surface area contributed by atoms with Crippen molar-refractivity contribution in [3.63, 3.8) is 0 Å². The fraction of sp³-hybridized carbons (Fsp3) is 0.174. The van der Waals surface area contributed by atoms with Gasteiger partial charge >= 0.3 is 0 Å².